The summed E-state index contributed by atoms with van der Waals surface area (Å²) in [6.07, 6.45) is -4.74. The molecule has 0 spiro atoms. The van der Waals surface area contributed by atoms with Crippen molar-refractivity contribution >= 4 is 5.69 Å². The number of nitrogen functional groups attached to an aromatic ring is 1. The number of benzene rings is 1. The maximum Gasteiger partial charge on any atom is 0.573 e. The average molecular weight is 279 g/mol. The van der Waals surface area contributed by atoms with E-state index in [0.717, 1.165) is 12.1 Å². The Labute approximate surface area is 112 Å². The van der Waals surface area contributed by atoms with Gasteiger partial charge in [-0.05, 0) is 36.4 Å². The van der Waals surface area contributed by atoms with Crippen LogP contribution in [-0.4, -0.2) is 11.3 Å². The number of hydrogen-bond donors (Lipinski definition) is 1. The van der Waals surface area contributed by atoms with Crippen molar-refractivity contribution in [1.29, 1.82) is 5.26 Å². The van der Waals surface area contributed by atoms with Gasteiger partial charge in [0.15, 0.2) is 0 Å². The summed E-state index contributed by atoms with van der Waals surface area (Å²) in [5.74, 6) is -0.337. The predicted octanol–water partition coefficient (Wildman–Crippen LogP) is 3.10. The van der Waals surface area contributed by atoms with Crippen molar-refractivity contribution in [2.75, 3.05) is 5.73 Å². The molecule has 0 saturated carbocycles. The second kappa shape index (κ2) is 5.09. The van der Waals surface area contributed by atoms with E-state index in [1.807, 2.05) is 6.07 Å². The number of hydrogen-bond acceptors (Lipinski definition) is 4. The largest absolute Gasteiger partial charge is 0.573 e. The van der Waals surface area contributed by atoms with E-state index in [1.54, 1.807) is 0 Å². The monoisotopic (exact) mass is 279 g/mol. The van der Waals surface area contributed by atoms with Gasteiger partial charge < -0.3 is 10.5 Å². The van der Waals surface area contributed by atoms with Crippen LogP contribution in [0.3, 0.4) is 0 Å². The van der Waals surface area contributed by atoms with Gasteiger partial charge >= 0.3 is 6.36 Å². The number of anilines is 1. The molecule has 0 bridgehead atoms. The van der Waals surface area contributed by atoms with Gasteiger partial charge in [-0.15, -0.1) is 13.2 Å². The zero-order chi connectivity index (χ0) is 14.8. The molecule has 2 aromatic rings. The van der Waals surface area contributed by atoms with Crippen molar-refractivity contribution in [3.8, 4) is 23.1 Å². The number of ether oxygens (including phenoxy) is 1. The van der Waals surface area contributed by atoms with Gasteiger partial charge in [-0.3, -0.25) is 0 Å². The van der Waals surface area contributed by atoms with Crippen LogP contribution in [0.5, 0.6) is 5.75 Å². The molecule has 20 heavy (non-hydrogen) atoms. The van der Waals surface area contributed by atoms with E-state index < -0.39 is 6.36 Å². The van der Waals surface area contributed by atoms with Crippen LogP contribution in [0.4, 0.5) is 18.9 Å². The first-order valence-corrected chi connectivity index (χ1v) is 5.42. The third-order valence-electron chi connectivity index (χ3n) is 2.40. The van der Waals surface area contributed by atoms with E-state index in [-0.39, 0.29) is 11.4 Å². The second-order valence-electron chi connectivity index (χ2n) is 3.82. The Kier molecular flexibility index (Phi) is 3.48. The molecular formula is C13H8F3N3O. The molecule has 1 aromatic heterocycles. The van der Waals surface area contributed by atoms with Crippen molar-refractivity contribution in [3.05, 3.63) is 42.1 Å². The molecule has 0 saturated heterocycles. The molecule has 0 fully saturated rings. The van der Waals surface area contributed by atoms with Gasteiger partial charge in [-0.2, -0.15) is 5.26 Å². The quantitative estimate of drug-likeness (QED) is 0.916. The van der Waals surface area contributed by atoms with Crippen LogP contribution in [0.25, 0.3) is 11.3 Å². The molecular weight excluding hydrogens is 271 g/mol. The number of nitriles is 1. The Morgan fingerprint density at radius 2 is 1.75 bits per heavy atom. The van der Waals surface area contributed by atoms with Gasteiger partial charge in [-0.1, -0.05) is 0 Å². The first-order valence-electron chi connectivity index (χ1n) is 5.42. The van der Waals surface area contributed by atoms with Crippen LogP contribution < -0.4 is 10.5 Å². The molecule has 4 nitrogen and oxygen atoms in total. The second-order valence-corrected chi connectivity index (χ2v) is 3.82. The minimum atomic E-state index is -4.74. The fourth-order valence-electron chi connectivity index (χ4n) is 1.58. The Morgan fingerprint density at radius 1 is 1.10 bits per heavy atom. The van der Waals surface area contributed by atoms with Gasteiger partial charge in [0.2, 0.25) is 0 Å². The SMILES string of the molecule is N#Cc1ccc(N)c(-c2ccc(OC(F)(F)F)cc2)n1. The van der Waals surface area contributed by atoms with Crippen LogP contribution in [0.1, 0.15) is 5.69 Å². The summed E-state index contributed by atoms with van der Waals surface area (Å²) in [6, 6.07) is 9.93. The van der Waals surface area contributed by atoms with Gasteiger partial charge in [0.1, 0.15) is 17.5 Å². The molecule has 0 aliphatic rings. The molecule has 0 unspecified atom stereocenters. The minimum absolute atomic E-state index is 0.171. The molecule has 0 aliphatic heterocycles. The first kappa shape index (κ1) is 13.7. The zero-order valence-corrected chi connectivity index (χ0v) is 9.98. The summed E-state index contributed by atoms with van der Waals surface area (Å²) < 4.78 is 39.9. The molecule has 0 radical (unpaired) electrons. The summed E-state index contributed by atoms with van der Waals surface area (Å²) >= 11 is 0. The Bertz CT molecular complexity index is 660. The number of rotatable bonds is 2. The van der Waals surface area contributed by atoms with Crippen LogP contribution in [0.2, 0.25) is 0 Å². The lowest BCUT2D eigenvalue weighted by Gasteiger charge is -2.10. The van der Waals surface area contributed by atoms with Crippen LogP contribution >= 0.6 is 0 Å². The fourth-order valence-corrected chi connectivity index (χ4v) is 1.58. The molecule has 0 amide bonds. The Hall–Kier alpha value is -2.75. The van der Waals surface area contributed by atoms with E-state index in [2.05, 4.69) is 9.72 Å². The smallest absolute Gasteiger partial charge is 0.406 e. The van der Waals surface area contributed by atoms with E-state index in [1.165, 1.54) is 24.3 Å². The number of nitrogens with two attached hydrogens (primary N) is 1. The van der Waals surface area contributed by atoms with Crippen molar-refractivity contribution in [3.63, 3.8) is 0 Å². The fraction of sp³-hybridized carbons (Fsp3) is 0.0769. The lowest BCUT2D eigenvalue weighted by atomic mass is 10.1. The highest BCUT2D eigenvalue weighted by Crippen LogP contribution is 2.28. The highest BCUT2D eigenvalue weighted by Gasteiger charge is 2.30. The maximum atomic E-state index is 12.0. The molecule has 2 N–H and O–H groups in total. The van der Waals surface area contributed by atoms with Gasteiger partial charge in [0.05, 0.1) is 11.4 Å². The summed E-state index contributed by atoms with van der Waals surface area (Å²) in [6.45, 7) is 0. The molecule has 7 heteroatoms. The molecule has 2 rings (SSSR count). The van der Waals surface area contributed by atoms with Crippen molar-refractivity contribution in [2.45, 2.75) is 6.36 Å². The molecule has 1 heterocycles. The Morgan fingerprint density at radius 3 is 2.30 bits per heavy atom. The third kappa shape index (κ3) is 3.17. The van der Waals surface area contributed by atoms with Gasteiger partial charge in [0.25, 0.3) is 0 Å². The minimum Gasteiger partial charge on any atom is -0.406 e. The zero-order valence-electron chi connectivity index (χ0n) is 9.98. The maximum absolute atomic E-state index is 12.0. The number of aromatic nitrogens is 1. The normalized spacial score (nSPS) is 10.9. The lowest BCUT2D eigenvalue weighted by Crippen LogP contribution is -2.16. The standard InChI is InChI=1S/C13H8F3N3O/c14-13(15,16)20-10-4-1-8(2-5-10)12-11(18)6-3-9(7-17)19-12/h1-6H,18H2. The van der Waals surface area contributed by atoms with E-state index in [0.29, 0.717) is 16.9 Å². The van der Waals surface area contributed by atoms with Crippen LogP contribution in [-0.2, 0) is 0 Å². The number of halogens is 3. The average Bonchev–Trinajstić information content (AvgIpc) is 2.39. The van der Waals surface area contributed by atoms with Crippen molar-refractivity contribution in [2.24, 2.45) is 0 Å². The molecule has 0 aliphatic carbocycles. The highest BCUT2D eigenvalue weighted by atomic mass is 19.4. The summed E-state index contributed by atoms with van der Waals surface area (Å²) in [5.41, 5.74) is 7.06. The number of pyridine rings is 1. The van der Waals surface area contributed by atoms with E-state index >= 15 is 0 Å². The van der Waals surface area contributed by atoms with Crippen LogP contribution in [0.15, 0.2) is 36.4 Å². The first-order chi connectivity index (χ1) is 9.39. The Balaban J connectivity index is 2.33. The molecule has 0 atom stereocenters. The third-order valence-corrected chi connectivity index (χ3v) is 2.40. The summed E-state index contributed by atoms with van der Waals surface area (Å²) in [7, 11) is 0. The van der Waals surface area contributed by atoms with Crippen molar-refractivity contribution in [1.82, 2.24) is 4.98 Å². The molecule has 1 aromatic carbocycles. The van der Waals surface area contributed by atoms with Gasteiger partial charge in [0, 0.05) is 5.56 Å². The van der Waals surface area contributed by atoms with Crippen molar-refractivity contribution < 1.29 is 17.9 Å². The predicted molar refractivity (Wildman–Crippen MR) is 65.5 cm³/mol. The highest BCUT2D eigenvalue weighted by molar-refractivity contribution is 5.73. The lowest BCUT2D eigenvalue weighted by molar-refractivity contribution is -0.274. The summed E-state index contributed by atoms with van der Waals surface area (Å²) in [4.78, 5) is 4.02. The van der Waals surface area contributed by atoms with Crippen LogP contribution in [0, 0.1) is 11.3 Å². The van der Waals surface area contributed by atoms with E-state index in [4.69, 9.17) is 11.0 Å². The summed E-state index contributed by atoms with van der Waals surface area (Å²) in [5, 5.41) is 8.77. The number of nitrogens with zero attached hydrogens (tertiary/aromatic N) is 2. The van der Waals surface area contributed by atoms with E-state index in [9.17, 15) is 13.2 Å². The number of alkyl halides is 3. The molecule has 102 valence electrons. The topological polar surface area (TPSA) is 71.9 Å². The van der Waals surface area contributed by atoms with Gasteiger partial charge in [-0.25, -0.2) is 4.98 Å².